The fourth-order valence-corrected chi connectivity index (χ4v) is 2.34. The Bertz CT molecular complexity index is 735. The van der Waals surface area contributed by atoms with Crippen LogP contribution < -0.4 is 5.73 Å². The van der Waals surface area contributed by atoms with Gasteiger partial charge in [-0.2, -0.15) is 0 Å². The molecule has 1 atom stereocenters. The summed E-state index contributed by atoms with van der Waals surface area (Å²) in [4.78, 5) is 8.72. The lowest BCUT2D eigenvalue weighted by molar-refractivity contribution is 0.224. The number of pyridine rings is 1. The van der Waals surface area contributed by atoms with Crippen LogP contribution in [0.15, 0.2) is 30.6 Å². The number of benzene rings is 1. The first kappa shape index (κ1) is 11.9. The molecule has 0 radical (unpaired) electrons. The molecule has 19 heavy (non-hydrogen) atoms. The first-order chi connectivity index (χ1) is 9.20. The Hall–Kier alpha value is -2.14. The third kappa shape index (κ3) is 1.92. The van der Waals surface area contributed by atoms with Crippen LogP contribution in [0, 0.1) is 5.92 Å². The number of para-hydroxylation sites is 1. The van der Waals surface area contributed by atoms with E-state index in [2.05, 4.69) is 9.97 Å². The number of anilines is 1. The summed E-state index contributed by atoms with van der Waals surface area (Å²) >= 11 is 0. The summed E-state index contributed by atoms with van der Waals surface area (Å²) in [6.45, 7) is 2.86. The maximum Gasteiger partial charge on any atom is 0.152 e. The second-order valence-corrected chi connectivity index (χ2v) is 4.90. The van der Waals surface area contributed by atoms with E-state index in [1.165, 1.54) is 0 Å². The van der Waals surface area contributed by atoms with Gasteiger partial charge in [-0.3, -0.25) is 0 Å². The van der Waals surface area contributed by atoms with Gasteiger partial charge in [-0.15, -0.1) is 0 Å². The van der Waals surface area contributed by atoms with Gasteiger partial charge in [0.1, 0.15) is 5.52 Å². The summed E-state index contributed by atoms with van der Waals surface area (Å²) in [5.41, 5.74) is 8.54. The molecule has 0 spiro atoms. The average molecular weight is 256 g/mol. The minimum absolute atomic E-state index is 0.151. The molecule has 98 valence electrons. The molecule has 2 heterocycles. The first-order valence-electron chi connectivity index (χ1n) is 6.30. The van der Waals surface area contributed by atoms with E-state index in [0.29, 0.717) is 12.4 Å². The highest BCUT2D eigenvalue weighted by Crippen LogP contribution is 2.27. The Labute approximate surface area is 110 Å². The summed E-state index contributed by atoms with van der Waals surface area (Å²) in [5, 5.41) is 10.2. The van der Waals surface area contributed by atoms with Crippen molar-refractivity contribution in [2.75, 3.05) is 12.3 Å². The van der Waals surface area contributed by atoms with Crippen molar-refractivity contribution >= 4 is 27.8 Å². The van der Waals surface area contributed by atoms with Gasteiger partial charge < -0.3 is 15.4 Å². The van der Waals surface area contributed by atoms with Crippen molar-refractivity contribution in [1.82, 2.24) is 14.5 Å². The van der Waals surface area contributed by atoms with Gasteiger partial charge in [0.15, 0.2) is 5.82 Å². The SMILES string of the molecule is CC(CO)Cn1cnc2c(N)nc3ccccc3c21. The van der Waals surface area contributed by atoms with Crippen molar-refractivity contribution in [3.63, 3.8) is 0 Å². The fourth-order valence-electron chi connectivity index (χ4n) is 2.34. The van der Waals surface area contributed by atoms with E-state index >= 15 is 0 Å². The summed E-state index contributed by atoms with van der Waals surface area (Å²) in [5.74, 6) is 0.620. The van der Waals surface area contributed by atoms with E-state index in [-0.39, 0.29) is 12.5 Å². The minimum atomic E-state index is 0.151. The molecule has 0 bridgehead atoms. The van der Waals surface area contributed by atoms with Gasteiger partial charge in [-0.25, -0.2) is 9.97 Å². The highest BCUT2D eigenvalue weighted by molar-refractivity contribution is 6.06. The number of nitrogen functional groups attached to an aromatic ring is 1. The van der Waals surface area contributed by atoms with Crippen molar-refractivity contribution in [1.29, 1.82) is 0 Å². The van der Waals surface area contributed by atoms with E-state index in [1.54, 1.807) is 6.33 Å². The zero-order valence-corrected chi connectivity index (χ0v) is 10.7. The minimum Gasteiger partial charge on any atom is -0.396 e. The Morgan fingerprint density at radius 3 is 2.95 bits per heavy atom. The number of nitrogens with two attached hydrogens (primary N) is 1. The van der Waals surface area contributed by atoms with Crippen LogP contribution in [-0.2, 0) is 6.54 Å². The third-order valence-electron chi connectivity index (χ3n) is 3.30. The molecule has 0 fully saturated rings. The molecular formula is C14H16N4O. The predicted octanol–water partition coefficient (Wildman–Crippen LogP) is 1.80. The van der Waals surface area contributed by atoms with Crippen LogP contribution in [0.1, 0.15) is 6.92 Å². The highest BCUT2D eigenvalue weighted by atomic mass is 16.3. The molecule has 2 aromatic heterocycles. The van der Waals surface area contributed by atoms with Gasteiger partial charge in [-0.05, 0) is 12.0 Å². The molecule has 3 rings (SSSR count). The van der Waals surface area contributed by atoms with Gasteiger partial charge in [-0.1, -0.05) is 25.1 Å². The Balaban J connectivity index is 2.30. The van der Waals surface area contributed by atoms with E-state index in [0.717, 1.165) is 21.9 Å². The Morgan fingerprint density at radius 1 is 1.37 bits per heavy atom. The van der Waals surface area contributed by atoms with E-state index in [1.807, 2.05) is 35.8 Å². The van der Waals surface area contributed by atoms with Crippen molar-refractivity contribution in [3.8, 4) is 0 Å². The van der Waals surface area contributed by atoms with Crippen molar-refractivity contribution in [2.45, 2.75) is 13.5 Å². The van der Waals surface area contributed by atoms with Crippen LogP contribution in [0.5, 0.6) is 0 Å². The molecule has 0 aliphatic rings. The monoisotopic (exact) mass is 256 g/mol. The topological polar surface area (TPSA) is 77.0 Å². The molecule has 0 aliphatic heterocycles. The molecule has 1 aromatic carbocycles. The van der Waals surface area contributed by atoms with Gasteiger partial charge in [0, 0.05) is 18.5 Å². The number of aliphatic hydroxyl groups is 1. The number of hydrogen-bond donors (Lipinski definition) is 2. The Morgan fingerprint density at radius 2 is 2.16 bits per heavy atom. The van der Waals surface area contributed by atoms with Crippen LogP contribution >= 0.6 is 0 Å². The molecule has 1 unspecified atom stereocenters. The molecule has 0 saturated carbocycles. The lowest BCUT2D eigenvalue weighted by Gasteiger charge is -2.11. The van der Waals surface area contributed by atoms with Crippen LogP contribution in [-0.4, -0.2) is 26.2 Å². The Kier molecular flexibility index (Phi) is 2.83. The van der Waals surface area contributed by atoms with Gasteiger partial charge in [0.25, 0.3) is 0 Å². The fraction of sp³-hybridized carbons (Fsp3) is 0.286. The predicted molar refractivity (Wildman–Crippen MR) is 75.7 cm³/mol. The van der Waals surface area contributed by atoms with E-state index < -0.39 is 0 Å². The molecule has 3 aromatic rings. The summed E-state index contributed by atoms with van der Waals surface area (Å²) in [6, 6.07) is 7.88. The average Bonchev–Trinajstić information content (AvgIpc) is 2.83. The normalized spacial score (nSPS) is 13.2. The molecule has 0 aliphatic carbocycles. The maximum absolute atomic E-state index is 9.20. The zero-order chi connectivity index (χ0) is 13.4. The molecule has 5 heteroatoms. The van der Waals surface area contributed by atoms with E-state index in [4.69, 9.17) is 5.73 Å². The molecule has 5 nitrogen and oxygen atoms in total. The quantitative estimate of drug-likeness (QED) is 0.749. The highest BCUT2D eigenvalue weighted by Gasteiger charge is 2.13. The second kappa shape index (κ2) is 4.51. The van der Waals surface area contributed by atoms with Crippen molar-refractivity contribution in [3.05, 3.63) is 30.6 Å². The van der Waals surface area contributed by atoms with Crippen LogP contribution in [0.2, 0.25) is 0 Å². The summed E-state index contributed by atoms with van der Waals surface area (Å²) in [7, 11) is 0. The largest absolute Gasteiger partial charge is 0.396 e. The number of aromatic nitrogens is 3. The first-order valence-corrected chi connectivity index (χ1v) is 6.30. The van der Waals surface area contributed by atoms with Gasteiger partial charge >= 0.3 is 0 Å². The molecule has 0 saturated heterocycles. The summed E-state index contributed by atoms with van der Waals surface area (Å²) < 4.78 is 2.04. The lowest BCUT2D eigenvalue weighted by Crippen LogP contribution is -2.10. The van der Waals surface area contributed by atoms with Gasteiger partial charge in [0.05, 0.1) is 17.4 Å². The second-order valence-electron chi connectivity index (χ2n) is 4.90. The lowest BCUT2D eigenvalue weighted by atomic mass is 10.1. The van der Waals surface area contributed by atoms with Gasteiger partial charge in [0.2, 0.25) is 0 Å². The number of rotatable bonds is 3. The van der Waals surface area contributed by atoms with Crippen molar-refractivity contribution in [2.24, 2.45) is 5.92 Å². The van der Waals surface area contributed by atoms with Crippen LogP contribution in [0.25, 0.3) is 21.9 Å². The smallest absolute Gasteiger partial charge is 0.152 e. The standard InChI is InChI=1S/C14H16N4O/c1-9(7-19)6-18-8-16-12-13(18)10-4-2-3-5-11(10)17-14(12)15/h2-5,8-9,19H,6-7H2,1H3,(H2,15,17). The van der Waals surface area contributed by atoms with Crippen LogP contribution in [0.4, 0.5) is 5.82 Å². The number of imidazole rings is 1. The van der Waals surface area contributed by atoms with Crippen molar-refractivity contribution < 1.29 is 5.11 Å². The number of fused-ring (bicyclic) bond motifs is 3. The molecule has 0 amide bonds. The zero-order valence-electron chi connectivity index (χ0n) is 10.7. The van der Waals surface area contributed by atoms with Crippen LogP contribution in [0.3, 0.4) is 0 Å². The number of nitrogens with zero attached hydrogens (tertiary/aromatic N) is 3. The number of hydrogen-bond acceptors (Lipinski definition) is 4. The molecule has 3 N–H and O–H groups in total. The third-order valence-corrected chi connectivity index (χ3v) is 3.30. The maximum atomic E-state index is 9.20. The molecular weight excluding hydrogens is 240 g/mol. The number of aliphatic hydroxyl groups excluding tert-OH is 1. The summed E-state index contributed by atoms with van der Waals surface area (Å²) in [6.07, 6.45) is 1.77. The van der Waals surface area contributed by atoms with E-state index in [9.17, 15) is 5.11 Å².